The molecule has 1 atom stereocenters. The van der Waals surface area contributed by atoms with Crippen molar-refractivity contribution in [2.75, 3.05) is 5.32 Å². The van der Waals surface area contributed by atoms with Gasteiger partial charge in [-0.3, -0.25) is 4.79 Å². The third-order valence-corrected chi connectivity index (χ3v) is 5.87. The monoisotopic (exact) mass is 384 g/mol. The van der Waals surface area contributed by atoms with E-state index in [0.29, 0.717) is 0 Å². The number of para-hydroxylation sites is 1. The van der Waals surface area contributed by atoms with E-state index in [4.69, 9.17) is 0 Å². The zero-order valence-electron chi connectivity index (χ0n) is 14.6. The van der Waals surface area contributed by atoms with Gasteiger partial charge in [-0.2, -0.15) is 0 Å². The lowest BCUT2D eigenvalue weighted by molar-refractivity contribution is -0.115. The summed E-state index contributed by atoms with van der Waals surface area (Å²) in [6.45, 7) is 4.68. The Labute approximate surface area is 161 Å². The van der Waals surface area contributed by atoms with E-state index in [0.717, 1.165) is 27.2 Å². The lowest BCUT2D eigenvalue weighted by Crippen LogP contribution is -2.23. The number of carbonyl (C=O) groups excluding carboxylic acids is 1. The number of carbonyl (C=O) groups is 1. The maximum absolute atomic E-state index is 12.6. The van der Waals surface area contributed by atoms with Crippen LogP contribution in [-0.4, -0.2) is 25.9 Å². The zero-order chi connectivity index (χ0) is 18.4. The molecule has 1 amide bonds. The molecule has 0 saturated heterocycles. The fourth-order valence-electron chi connectivity index (χ4n) is 2.27. The molecule has 0 bridgehead atoms. The standard InChI is InChI=1S/C19H20N4OS2/c1-3-23-13-20-22-19(23)25-14(2)18(24)21-16-11-7-8-12-17(16)26-15-9-5-4-6-10-15/h4-14H,3H2,1-2H3,(H,21,24)/t14-/m1/s1. The second kappa shape index (κ2) is 8.91. The van der Waals surface area contributed by atoms with Crippen molar-refractivity contribution in [3.63, 3.8) is 0 Å². The highest BCUT2D eigenvalue weighted by molar-refractivity contribution is 8.00. The summed E-state index contributed by atoms with van der Waals surface area (Å²) in [5.74, 6) is -0.0539. The molecule has 3 rings (SSSR count). The maximum atomic E-state index is 12.6. The molecule has 1 heterocycles. The molecule has 1 aromatic heterocycles. The van der Waals surface area contributed by atoms with E-state index in [1.54, 1.807) is 18.1 Å². The Kier molecular flexibility index (Phi) is 6.35. The molecule has 0 unspecified atom stereocenters. The van der Waals surface area contributed by atoms with Crippen LogP contribution in [-0.2, 0) is 11.3 Å². The van der Waals surface area contributed by atoms with Gasteiger partial charge in [-0.25, -0.2) is 0 Å². The number of benzene rings is 2. The quantitative estimate of drug-likeness (QED) is 0.605. The molecule has 0 aliphatic rings. The second-order valence-electron chi connectivity index (χ2n) is 5.56. The van der Waals surface area contributed by atoms with E-state index in [2.05, 4.69) is 27.6 Å². The number of anilines is 1. The third-order valence-electron chi connectivity index (χ3n) is 3.69. The smallest absolute Gasteiger partial charge is 0.237 e. The molecule has 1 N–H and O–H groups in total. The lowest BCUT2D eigenvalue weighted by atomic mass is 10.3. The number of hydrogen-bond acceptors (Lipinski definition) is 5. The van der Waals surface area contributed by atoms with Gasteiger partial charge in [0.15, 0.2) is 5.16 Å². The first-order valence-corrected chi connectivity index (χ1v) is 10.0. The van der Waals surface area contributed by atoms with Crippen LogP contribution in [0.15, 0.2) is 75.9 Å². The first-order chi connectivity index (χ1) is 12.7. The van der Waals surface area contributed by atoms with Gasteiger partial charge in [0.1, 0.15) is 6.33 Å². The van der Waals surface area contributed by atoms with Crippen LogP contribution in [0.2, 0.25) is 0 Å². The normalized spacial score (nSPS) is 11.9. The van der Waals surface area contributed by atoms with E-state index >= 15 is 0 Å². The highest BCUT2D eigenvalue weighted by Crippen LogP contribution is 2.33. The minimum atomic E-state index is -0.278. The van der Waals surface area contributed by atoms with E-state index in [1.807, 2.05) is 60.9 Å². The van der Waals surface area contributed by atoms with Gasteiger partial charge in [0, 0.05) is 16.3 Å². The van der Waals surface area contributed by atoms with Crippen molar-refractivity contribution in [1.82, 2.24) is 14.8 Å². The molecule has 0 aliphatic carbocycles. The third kappa shape index (κ3) is 4.68. The Morgan fingerprint density at radius 1 is 1.15 bits per heavy atom. The van der Waals surface area contributed by atoms with Crippen molar-refractivity contribution in [3.05, 3.63) is 60.9 Å². The molecule has 0 spiro atoms. The summed E-state index contributed by atoms with van der Waals surface area (Å²) >= 11 is 3.04. The van der Waals surface area contributed by atoms with E-state index in [-0.39, 0.29) is 11.2 Å². The Morgan fingerprint density at radius 2 is 1.88 bits per heavy atom. The summed E-state index contributed by atoms with van der Waals surface area (Å²) in [7, 11) is 0. The number of rotatable bonds is 7. The fraction of sp³-hybridized carbons (Fsp3) is 0.211. The van der Waals surface area contributed by atoms with Gasteiger partial charge < -0.3 is 9.88 Å². The summed E-state index contributed by atoms with van der Waals surface area (Å²) in [5, 5.41) is 11.5. The average Bonchev–Trinajstić information content (AvgIpc) is 3.11. The first kappa shape index (κ1) is 18.5. The second-order valence-corrected chi connectivity index (χ2v) is 7.98. The van der Waals surface area contributed by atoms with Gasteiger partial charge >= 0.3 is 0 Å². The molecule has 0 radical (unpaired) electrons. The Balaban J connectivity index is 1.69. The average molecular weight is 385 g/mol. The number of thioether (sulfide) groups is 1. The number of amides is 1. The van der Waals surface area contributed by atoms with Crippen LogP contribution in [0, 0.1) is 0 Å². The van der Waals surface area contributed by atoms with Crippen molar-refractivity contribution in [3.8, 4) is 0 Å². The summed E-state index contributed by atoms with van der Waals surface area (Å²) < 4.78 is 1.92. The number of hydrogen-bond donors (Lipinski definition) is 1. The van der Waals surface area contributed by atoms with Gasteiger partial charge in [0.25, 0.3) is 0 Å². The molecule has 7 heteroatoms. The summed E-state index contributed by atoms with van der Waals surface area (Å²) in [4.78, 5) is 14.8. The molecule has 3 aromatic rings. The predicted molar refractivity (Wildman–Crippen MR) is 107 cm³/mol. The number of nitrogens with one attached hydrogen (secondary N) is 1. The van der Waals surface area contributed by atoms with E-state index in [9.17, 15) is 4.79 Å². The van der Waals surface area contributed by atoms with Gasteiger partial charge in [0.05, 0.1) is 10.9 Å². The van der Waals surface area contributed by atoms with E-state index < -0.39 is 0 Å². The highest BCUT2D eigenvalue weighted by Gasteiger charge is 2.18. The maximum Gasteiger partial charge on any atom is 0.237 e. The van der Waals surface area contributed by atoms with Crippen LogP contribution >= 0.6 is 23.5 Å². The molecule has 0 fully saturated rings. The zero-order valence-corrected chi connectivity index (χ0v) is 16.3. The Morgan fingerprint density at radius 3 is 2.65 bits per heavy atom. The van der Waals surface area contributed by atoms with Crippen molar-refractivity contribution in [1.29, 1.82) is 0 Å². The van der Waals surface area contributed by atoms with Crippen molar-refractivity contribution < 1.29 is 4.79 Å². The largest absolute Gasteiger partial charge is 0.324 e. The van der Waals surface area contributed by atoms with Crippen LogP contribution in [0.1, 0.15) is 13.8 Å². The van der Waals surface area contributed by atoms with Crippen molar-refractivity contribution >= 4 is 35.1 Å². The van der Waals surface area contributed by atoms with Gasteiger partial charge in [-0.15, -0.1) is 10.2 Å². The number of aryl methyl sites for hydroxylation is 1. The molecule has 2 aromatic carbocycles. The fourth-order valence-corrected chi connectivity index (χ4v) is 4.08. The topological polar surface area (TPSA) is 59.8 Å². The molecule has 5 nitrogen and oxygen atoms in total. The van der Waals surface area contributed by atoms with Crippen molar-refractivity contribution in [2.45, 2.75) is 40.6 Å². The van der Waals surface area contributed by atoms with Crippen LogP contribution in [0.4, 0.5) is 5.69 Å². The summed E-state index contributed by atoms with van der Waals surface area (Å²) in [6, 6.07) is 18.0. The lowest BCUT2D eigenvalue weighted by Gasteiger charge is -2.14. The van der Waals surface area contributed by atoms with Crippen LogP contribution in [0.3, 0.4) is 0 Å². The molecule has 0 aliphatic heterocycles. The molecular weight excluding hydrogens is 364 g/mol. The molecule has 0 saturated carbocycles. The van der Waals surface area contributed by atoms with E-state index in [1.165, 1.54) is 11.8 Å². The van der Waals surface area contributed by atoms with Gasteiger partial charge in [0.2, 0.25) is 5.91 Å². The molecule has 26 heavy (non-hydrogen) atoms. The minimum absolute atomic E-state index is 0.0539. The van der Waals surface area contributed by atoms with Gasteiger partial charge in [-0.05, 0) is 38.1 Å². The first-order valence-electron chi connectivity index (χ1n) is 8.34. The highest BCUT2D eigenvalue weighted by atomic mass is 32.2. The molecule has 134 valence electrons. The summed E-state index contributed by atoms with van der Waals surface area (Å²) in [6.07, 6.45) is 1.68. The SMILES string of the molecule is CCn1cnnc1S[C@H](C)C(=O)Nc1ccccc1Sc1ccccc1. The van der Waals surface area contributed by atoms with Crippen LogP contribution in [0.5, 0.6) is 0 Å². The Hall–Kier alpha value is -2.25. The number of nitrogens with zero attached hydrogens (tertiary/aromatic N) is 3. The summed E-state index contributed by atoms with van der Waals surface area (Å²) in [5.41, 5.74) is 0.816. The predicted octanol–water partition coefficient (Wildman–Crippen LogP) is 4.57. The Bertz CT molecular complexity index is 867. The molecular formula is C19H20N4OS2. The number of aromatic nitrogens is 3. The minimum Gasteiger partial charge on any atom is -0.324 e. The van der Waals surface area contributed by atoms with Crippen LogP contribution < -0.4 is 5.32 Å². The van der Waals surface area contributed by atoms with Crippen molar-refractivity contribution in [2.24, 2.45) is 0 Å². The van der Waals surface area contributed by atoms with Gasteiger partial charge in [-0.1, -0.05) is 53.9 Å². The van der Waals surface area contributed by atoms with Crippen LogP contribution in [0.25, 0.3) is 0 Å².